The zero-order chi connectivity index (χ0) is 15.2. The number of aromatic nitrogens is 3. The largest absolute Gasteiger partial charge is 0.465 e. The second-order valence-corrected chi connectivity index (χ2v) is 3.80. The van der Waals surface area contributed by atoms with Gasteiger partial charge in [0.05, 0.1) is 17.4 Å². The lowest BCUT2D eigenvalue weighted by Gasteiger charge is -1.99. The van der Waals surface area contributed by atoms with Gasteiger partial charge < -0.3 is 10.8 Å². The van der Waals surface area contributed by atoms with E-state index >= 15 is 0 Å². The molecule has 2 heterocycles. The Hall–Kier alpha value is -3.47. The van der Waals surface area contributed by atoms with Gasteiger partial charge in [-0.15, -0.1) is 0 Å². The number of nitrogens with one attached hydrogen (secondary N) is 1. The monoisotopic (exact) mass is 283 g/mol. The molecule has 4 N–H and O–H groups in total. The molecule has 0 fully saturated rings. The van der Waals surface area contributed by atoms with Crippen molar-refractivity contribution in [1.82, 2.24) is 15.0 Å². The number of carbonyl (C=O) groups excluding carboxylic acids is 1. The van der Waals surface area contributed by atoms with Crippen LogP contribution in [0.4, 0.5) is 16.4 Å². The third kappa shape index (κ3) is 4.00. The summed E-state index contributed by atoms with van der Waals surface area (Å²) in [6.07, 6.45) is 4.08. The molecular weight excluding hydrogens is 274 g/mol. The van der Waals surface area contributed by atoms with Crippen LogP contribution in [0.2, 0.25) is 0 Å². The van der Waals surface area contributed by atoms with Crippen LogP contribution in [0.25, 0.3) is 0 Å². The van der Waals surface area contributed by atoms with E-state index in [4.69, 9.17) is 10.8 Å². The molecule has 0 saturated carbocycles. The van der Waals surface area contributed by atoms with Crippen LogP contribution in [0, 0.1) is 11.8 Å². The second kappa shape index (κ2) is 6.12. The Morgan fingerprint density at radius 2 is 1.90 bits per heavy atom. The Labute approximate surface area is 119 Å². The molecular formula is C13H9N5O3. The maximum atomic E-state index is 11.8. The van der Waals surface area contributed by atoms with E-state index in [2.05, 4.69) is 32.1 Å². The van der Waals surface area contributed by atoms with Gasteiger partial charge in [0.2, 0.25) is 11.7 Å². The van der Waals surface area contributed by atoms with E-state index in [1.807, 2.05) is 0 Å². The van der Waals surface area contributed by atoms with Gasteiger partial charge in [0.15, 0.2) is 0 Å². The number of hydrogen-bond acceptors (Lipinski definition) is 6. The number of nitrogens with zero attached hydrogens (tertiary/aromatic N) is 3. The number of nitrogen functional groups attached to an aromatic ring is 1. The van der Waals surface area contributed by atoms with Crippen molar-refractivity contribution in [2.75, 3.05) is 11.1 Å². The molecule has 0 atom stereocenters. The van der Waals surface area contributed by atoms with Gasteiger partial charge in [-0.25, -0.2) is 14.8 Å². The number of carboxylic acid groups (broad SMARTS) is 1. The van der Waals surface area contributed by atoms with E-state index < -0.39 is 11.9 Å². The Balaban J connectivity index is 2.16. The first-order valence-electron chi connectivity index (χ1n) is 5.63. The zero-order valence-electron chi connectivity index (χ0n) is 10.6. The Bertz CT molecular complexity index is 746. The van der Waals surface area contributed by atoms with Gasteiger partial charge in [-0.3, -0.25) is 15.1 Å². The molecule has 8 heteroatoms. The van der Waals surface area contributed by atoms with Crippen molar-refractivity contribution in [2.45, 2.75) is 0 Å². The molecule has 21 heavy (non-hydrogen) atoms. The highest BCUT2D eigenvalue weighted by molar-refractivity contribution is 6.09. The van der Waals surface area contributed by atoms with E-state index in [0.717, 1.165) is 0 Å². The SMILES string of the molecule is Nc1ncc(C(=O)C#Cc2cncc(NC(=O)O)c2)cn1. The lowest BCUT2D eigenvalue weighted by atomic mass is 10.2. The van der Waals surface area contributed by atoms with Crippen molar-refractivity contribution < 1.29 is 14.7 Å². The van der Waals surface area contributed by atoms with Crippen molar-refractivity contribution in [3.63, 3.8) is 0 Å². The van der Waals surface area contributed by atoms with Gasteiger partial charge in [0.25, 0.3) is 0 Å². The second-order valence-electron chi connectivity index (χ2n) is 3.80. The van der Waals surface area contributed by atoms with E-state index in [0.29, 0.717) is 5.56 Å². The summed E-state index contributed by atoms with van der Waals surface area (Å²) < 4.78 is 0. The van der Waals surface area contributed by atoms with Crippen LogP contribution < -0.4 is 11.1 Å². The summed E-state index contributed by atoms with van der Waals surface area (Å²) >= 11 is 0. The van der Waals surface area contributed by atoms with Gasteiger partial charge in [0.1, 0.15) is 0 Å². The van der Waals surface area contributed by atoms with Crippen molar-refractivity contribution in [1.29, 1.82) is 0 Å². The van der Waals surface area contributed by atoms with E-state index in [-0.39, 0.29) is 17.2 Å². The number of nitrogens with two attached hydrogens (primary N) is 1. The summed E-state index contributed by atoms with van der Waals surface area (Å²) in [5, 5.41) is 10.7. The lowest BCUT2D eigenvalue weighted by molar-refractivity contribution is 0.105. The highest BCUT2D eigenvalue weighted by Gasteiger charge is 2.03. The summed E-state index contributed by atoms with van der Waals surface area (Å²) in [5.74, 6) is 4.57. The molecule has 2 rings (SSSR count). The number of hydrogen-bond donors (Lipinski definition) is 3. The molecule has 104 valence electrons. The van der Waals surface area contributed by atoms with Crippen molar-refractivity contribution in [3.8, 4) is 11.8 Å². The minimum atomic E-state index is -1.21. The van der Waals surface area contributed by atoms with E-state index in [1.165, 1.54) is 30.9 Å². The summed E-state index contributed by atoms with van der Waals surface area (Å²) in [7, 11) is 0. The maximum absolute atomic E-state index is 11.8. The first-order chi connectivity index (χ1) is 10.0. The highest BCUT2D eigenvalue weighted by Crippen LogP contribution is 2.07. The van der Waals surface area contributed by atoms with Crippen molar-refractivity contribution >= 4 is 23.5 Å². The lowest BCUT2D eigenvalue weighted by Crippen LogP contribution is -2.07. The Kier molecular flexibility index (Phi) is 4.06. The minimum Gasteiger partial charge on any atom is -0.465 e. The average molecular weight is 283 g/mol. The number of anilines is 2. The van der Waals surface area contributed by atoms with Gasteiger partial charge in [0, 0.05) is 24.2 Å². The highest BCUT2D eigenvalue weighted by atomic mass is 16.4. The predicted molar refractivity (Wildman–Crippen MR) is 73.5 cm³/mol. The Morgan fingerprint density at radius 3 is 2.57 bits per heavy atom. The summed E-state index contributed by atoms with van der Waals surface area (Å²) in [6, 6.07) is 1.46. The first-order valence-corrected chi connectivity index (χ1v) is 5.63. The van der Waals surface area contributed by atoms with Crippen LogP contribution in [-0.2, 0) is 0 Å². The van der Waals surface area contributed by atoms with Crippen LogP contribution in [0.15, 0.2) is 30.9 Å². The molecule has 1 amide bonds. The van der Waals surface area contributed by atoms with Crippen LogP contribution in [-0.4, -0.2) is 31.9 Å². The van der Waals surface area contributed by atoms with Gasteiger partial charge >= 0.3 is 6.09 Å². The molecule has 0 radical (unpaired) electrons. The van der Waals surface area contributed by atoms with Crippen molar-refractivity contribution in [2.24, 2.45) is 0 Å². The number of amides is 1. The average Bonchev–Trinajstić information content (AvgIpc) is 2.45. The molecule has 0 saturated heterocycles. The summed E-state index contributed by atoms with van der Waals surface area (Å²) in [5.41, 5.74) is 6.18. The molecule has 0 spiro atoms. The number of ketones is 1. The fourth-order valence-corrected chi connectivity index (χ4v) is 1.36. The number of pyridine rings is 1. The van der Waals surface area contributed by atoms with Crippen LogP contribution in [0.3, 0.4) is 0 Å². The fraction of sp³-hybridized carbons (Fsp3) is 0. The van der Waals surface area contributed by atoms with E-state index in [9.17, 15) is 9.59 Å². The van der Waals surface area contributed by atoms with Gasteiger partial charge in [-0.2, -0.15) is 0 Å². The number of rotatable bonds is 2. The molecule has 8 nitrogen and oxygen atoms in total. The molecule has 0 aliphatic carbocycles. The van der Waals surface area contributed by atoms with Crippen molar-refractivity contribution in [3.05, 3.63) is 42.0 Å². The quantitative estimate of drug-likeness (QED) is 0.548. The molecule has 2 aromatic heterocycles. The van der Waals surface area contributed by atoms with Gasteiger partial charge in [-0.1, -0.05) is 5.92 Å². The Morgan fingerprint density at radius 1 is 1.19 bits per heavy atom. The number of Topliss-reactive ketones (excluding diaryl/α,β-unsaturated/α-hetero) is 1. The molecule has 0 aliphatic rings. The molecule has 0 aromatic carbocycles. The minimum absolute atomic E-state index is 0.0659. The van der Waals surface area contributed by atoms with Crippen LogP contribution in [0.1, 0.15) is 15.9 Å². The molecule has 2 aromatic rings. The maximum Gasteiger partial charge on any atom is 0.409 e. The molecule has 0 bridgehead atoms. The molecule has 0 aliphatic heterocycles. The zero-order valence-corrected chi connectivity index (χ0v) is 10.6. The molecule has 0 unspecified atom stereocenters. The standard InChI is InChI=1S/C13H9N5O3/c14-12-16-5-9(6-17-12)11(19)2-1-8-3-10(7-15-4-8)18-13(20)21/h3-7,18H,(H,20,21)(H2,14,16,17). The van der Waals surface area contributed by atoms with Gasteiger partial charge in [-0.05, 0) is 12.0 Å². The third-order valence-corrected chi connectivity index (χ3v) is 2.24. The normalized spacial score (nSPS) is 9.33. The smallest absolute Gasteiger partial charge is 0.409 e. The fourth-order valence-electron chi connectivity index (χ4n) is 1.36. The predicted octanol–water partition coefficient (Wildman–Crippen LogP) is 0.778. The number of carbonyl (C=O) groups is 2. The van der Waals surface area contributed by atoms with Crippen LogP contribution in [0.5, 0.6) is 0 Å². The topological polar surface area (TPSA) is 131 Å². The third-order valence-electron chi connectivity index (χ3n) is 2.24. The summed E-state index contributed by atoms with van der Waals surface area (Å²) in [6.45, 7) is 0. The first kappa shape index (κ1) is 14.0. The van der Waals surface area contributed by atoms with E-state index in [1.54, 1.807) is 0 Å². The summed E-state index contributed by atoms with van der Waals surface area (Å²) in [4.78, 5) is 33.5. The van der Waals surface area contributed by atoms with Crippen LogP contribution >= 0.6 is 0 Å².